The summed E-state index contributed by atoms with van der Waals surface area (Å²) in [5.41, 5.74) is 0. The first kappa shape index (κ1) is 20.2. The molecule has 0 saturated heterocycles. The zero-order valence-electron chi connectivity index (χ0n) is 13.7. The van der Waals surface area contributed by atoms with Gasteiger partial charge in [0.05, 0.1) is 6.10 Å². The number of hydrogen-bond donors (Lipinski definition) is 2. The van der Waals surface area contributed by atoms with Gasteiger partial charge in [-0.1, -0.05) is 64.0 Å². The maximum atomic E-state index is 10.3. The minimum absolute atomic E-state index is 0.172. The number of aliphatic hydroxyl groups excluding tert-OH is 1. The topological polar surface area (TPSA) is 57.5 Å². The molecule has 0 bridgehead atoms. The third-order valence-electron chi connectivity index (χ3n) is 3.73. The molecule has 0 rings (SSSR count). The molecule has 0 aromatic rings. The summed E-state index contributed by atoms with van der Waals surface area (Å²) in [6.07, 6.45) is 17.4. The van der Waals surface area contributed by atoms with Crippen molar-refractivity contribution in [2.45, 2.75) is 96.5 Å². The van der Waals surface area contributed by atoms with Crippen LogP contribution in [0.3, 0.4) is 0 Å². The first-order valence-corrected chi connectivity index (χ1v) is 8.71. The maximum absolute atomic E-state index is 10.3. The Bertz CT molecular complexity index is 261. The fourth-order valence-corrected chi connectivity index (χ4v) is 2.36. The highest BCUT2D eigenvalue weighted by Gasteiger charge is 2.00. The first-order valence-electron chi connectivity index (χ1n) is 8.71. The molecular formula is C18H34O3. The lowest BCUT2D eigenvalue weighted by molar-refractivity contribution is -0.137. The molecule has 0 aliphatic rings. The number of carboxylic acid groups (broad SMARTS) is 1. The van der Waals surface area contributed by atoms with Gasteiger partial charge in [-0.15, -0.1) is 0 Å². The van der Waals surface area contributed by atoms with Gasteiger partial charge in [-0.05, 0) is 32.1 Å². The van der Waals surface area contributed by atoms with Crippen LogP contribution in [-0.4, -0.2) is 22.3 Å². The van der Waals surface area contributed by atoms with Crippen molar-refractivity contribution in [2.75, 3.05) is 0 Å². The van der Waals surface area contributed by atoms with E-state index in [9.17, 15) is 9.90 Å². The van der Waals surface area contributed by atoms with E-state index in [2.05, 4.69) is 19.1 Å². The number of aliphatic hydroxyl groups is 1. The van der Waals surface area contributed by atoms with Crippen LogP contribution in [0.1, 0.15) is 90.4 Å². The Morgan fingerprint density at radius 1 is 0.952 bits per heavy atom. The molecule has 0 aliphatic carbocycles. The average Bonchev–Trinajstić information content (AvgIpc) is 2.45. The largest absolute Gasteiger partial charge is 0.481 e. The second kappa shape index (κ2) is 15.6. The van der Waals surface area contributed by atoms with Crippen molar-refractivity contribution in [1.29, 1.82) is 0 Å². The van der Waals surface area contributed by atoms with Crippen molar-refractivity contribution in [1.82, 2.24) is 0 Å². The third kappa shape index (κ3) is 17.1. The molecule has 0 aromatic heterocycles. The van der Waals surface area contributed by atoms with Gasteiger partial charge < -0.3 is 10.2 Å². The third-order valence-corrected chi connectivity index (χ3v) is 3.73. The van der Waals surface area contributed by atoms with E-state index in [1.807, 2.05) is 0 Å². The van der Waals surface area contributed by atoms with Crippen molar-refractivity contribution in [3.63, 3.8) is 0 Å². The molecule has 21 heavy (non-hydrogen) atoms. The lowest BCUT2D eigenvalue weighted by Crippen LogP contribution is -2.04. The monoisotopic (exact) mass is 298 g/mol. The Balaban J connectivity index is 3.26. The van der Waals surface area contributed by atoms with Crippen LogP contribution < -0.4 is 0 Å². The normalized spacial score (nSPS) is 12.9. The summed E-state index contributed by atoms with van der Waals surface area (Å²) in [5.74, 6) is -0.689. The number of carbonyl (C=O) groups is 1. The van der Waals surface area contributed by atoms with E-state index in [0.717, 1.165) is 51.4 Å². The minimum Gasteiger partial charge on any atom is -0.481 e. The highest BCUT2D eigenvalue weighted by atomic mass is 16.4. The lowest BCUT2D eigenvalue weighted by Gasteiger charge is -2.07. The summed E-state index contributed by atoms with van der Waals surface area (Å²) in [7, 11) is 0. The minimum atomic E-state index is -0.689. The summed E-state index contributed by atoms with van der Waals surface area (Å²) < 4.78 is 0. The van der Waals surface area contributed by atoms with Gasteiger partial charge in [0.25, 0.3) is 0 Å². The Hall–Kier alpha value is -0.830. The molecule has 2 N–H and O–H groups in total. The molecule has 0 spiro atoms. The van der Waals surface area contributed by atoms with Crippen molar-refractivity contribution in [3.05, 3.63) is 12.2 Å². The van der Waals surface area contributed by atoms with Crippen molar-refractivity contribution < 1.29 is 15.0 Å². The van der Waals surface area contributed by atoms with Gasteiger partial charge >= 0.3 is 5.97 Å². The predicted molar refractivity (Wildman–Crippen MR) is 88.5 cm³/mol. The molecule has 0 aliphatic heterocycles. The molecule has 0 aromatic carbocycles. The second-order valence-corrected chi connectivity index (χ2v) is 5.91. The SMILES string of the molecule is CCCCCC[C@@H](O)C/C=C\CCCCCCCC(=O)O. The van der Waals surface area contributed by atoms with Crippen LogP contribution in [0.15, 0.2) is 12.2 Å². The number of hydrogen-bond acceptors (Lipinski definition) is 2. The highest BCUT2D eigenvalue weighted by Crippen LogP contribution is 2.10. The number of rotatable bonds is 15. The molecule has 0 fully saturated rings. The van der Waals surface area contributed by atoms with E-state index in [0.29, 0.717) is 6.42 Å². The zero-order valence-corrected chi connectivity index (χ0v) is 13.7. The number of aliphatic carboxylic acids is 1. The van der Waals surface area contributed by atoms with Crippen LogP contribution in [0.2, 0.25) is 0 Å². The molecule has 0 radical (unpaired) electrons. The fourth-order valence-electron chi connectivity index (χ4n) is 2.36. The van der Waals surface area contributed by atoms with E-state index in [4.69, 9.17) is 5.11 Å². The number of carboxylic acids is 1. The summed E-state index contributed by atoms with van der Waals surface area (Å²) >= 11 is 0. The van der Waals surface area contributed by atoms with Gasteiger partial charge in [0.1, 0.15) is 0 Å². The van der Waals surface area contributed by atoms with E-state index in [1.165, 1.54) is 25.7 Å². The molecule has 0 saturated carbocycles. The van der Waals surface area contributed by atoms with E-state index >= 15 is 0 Å². The maximum Gasteiger partial charge on any atom is 0.303 e. The smallest absolute Gasteiger partial charge is 0.303 e. The molecule has 0 heterocycles. The van der Waals surface area contributed by atoms with E-state index in [1.54, 1.807) is 0 Å². The Kier molecular flexibility index (Phi) is 14.9. The average molecular weight is 298 g/mol. The lowest BCUT2D eigenvalue weighted by atomic mass is 10.1. The second-order valence-electron chi connectivity index (χ2n) is 5.91. The summed E-state index contributed by atoms with van der Waals surface area (Å²) in [6.45, 7) is 2.20. The molecule has 3 nitrogen and oxygen atoms in total. The van der Waals surface area contributed by atoms with Gasteiger partial charge in [0, 0.05) is 6.42 Å². The van der Waals surface area contributed by atoms with Crippen LogP contribution in [0.25, 0.3) is 0 Å². The Morgan fingerprint density at radius 3 is 2.33 bits per heavy atom. The van der Waals surface area contributed by atoms with Crippen LogP contribution in [0, 0.1) is 0 Å². The predicted octanol–water partition coefficient (Wildman–Crippen LogP) is 5.08. The molecular weight excluding hydrogens is 264 g/mol. The number of unbranched alkanes of at least 4 members (excludes halogenated alkanes) is 8. The van der Waals surface area contributed by atoms with Crippen LogP contribution in [0.5, 0.6) is 0 Å². The van der Waals surface area contributed by atoms with E-state index < -0.39 is 5.97 Å². The van der Waals surface area contributed by atoms with Gasteiger partial charge in [-0.3, -0.25) is 4.79 Å². The molecule has 0 unspecified atom stereocenters. The first-order chi connectivity index (χ1) is 10.2. The standard InChI is InChI=1S/C18H34O3/c1-2-3-4-11-14-17(19)15-12-9-7-5-6-8-10-13-16-18(20)21/h9,12,17,19H,2-8,10-11,13-16H2,1H3,(H,20,21)/b12-9-/t17-/m1/s1. The fraction of sp³-hybridized carbons (Fsp3) is 0.833. The molecule has 0 amide bonds. The summed E-state index contributed by atoms with van der Waals surface area (Å²) in [4.78, 5) is 10.3. The van der Waals surface area contributed by atoms with Gasteiger partial charge in [-0.25, -0.2) is 0 Å². The zero-order chi connectivity index (χ0) is 15.8. The molecule has 3 heteroatoms. The quantitative estimate of drug-likeness (QED) is 0.327. The summed E-state index contributed by atoms with van der Waals surface area (Å²) in [6, 6.07) is 0. The van der Waals surface area contributed by atoms with Gasteiger partial charge in [0.2, 0.25) is 0 Å². The molecule has 124 valence electrons. The summed E-state index contributed by atoms with van der Waals surface area (Å²) in [5, 5.41) is 18.3. The highest BCUT2D eigenvalue weighted by molar-refractivity contribution is 5.66. The van der Waals surface area contributed by atoms with Crippen LogP contribution in [0.4, 0.5) is 0 Å². The van der Waals surface area contributed by atoms with Crippen molar-refractivity contribution in [3.8, 4) is 0 Å². The Labute approximate surface area is 130 Å². The van der Waals surface area contributed by atoms with Crippen molar-refractivity contribution >= 4 is 5.97 Å². The van der Waals surface area contributed by atoms with E-state index in [-0.39, 0.29) is 6.10 Å². The van der Waals surface area contributed by atoms with Crippen LogP contribution in [-0.2, 0) is 4.79 Å². The number of allylic oxidation sites excluding steroid dienone is 1. The Morgan fingerprint density at radius 2 is 1.62 bits per heavy atom. The molecule has 1 atom stereocenters. The van der Waals surface area contributed by atoms with Crippen LogP contribution >= 0.6 is 0 Å². The van der Waals surface area contributed by atoms with Gasteiger partial charge in [-0.2, -0.15) is 0 Å². The van der Waals surface area contributed by atoms with Gasteiger partial charge in [0.15, 0.2) is 0 Å². The van der Waals surface area contributed by atoms with Crippen molar-refractivity contribution in [2.24, 2.45) is 0 Å².